The summed E-state index contributed by atoms with van der Waals surface area (Å²) < 4.78 is 0. The summed E-state index contributed by atoms with van der Waals surface area (Å²) in [6.45, 7) is 7.17. The maximum atomic E-state index is 2.61. The van der Waals surface area contributed by atoms with E-state index in [0.29, 0.717) is 0 Å². The molecule has 0 bridgehead atoms. The Labute approximate surface area is 70.5 Å². The second kappa shape index (κ2) is 5.56. The van der Waals surface area contributed by atoms with Gasteiger partial charge in [0.25, 0.3) is 0 Å². The quantitative estimate of drug-likeness (QED) is 0.670. The van der Waals surface area contributed by atoms with Gasteiger partial charge in [-0.25, -0.2) is 0 Å². The number of hydrogen-bond donors (Lipinski definition) is 1. The van der Waals surface area contributed by atoms with Crippen molar-refractivity contribution >= 4 is 0 Å². The topological polar surface area (TPSA) is 38.2 Å². The molecule has 68 valence electrons. The van der Waals surface area contributed by atoms with Gasteiger partial charge in [0.1, 0.15) is 0 Å². The fourth-order valence-electron chi connectivity index (χ4n) is 1.94. The Morgan fingerprint density at radius 3 is 2.45 bits per heavy atom. The van der Waals surface area contributed by atoms with Crippen molar-refractivity contribution in [2.24, 2.45) is 0 Å². The molecule has 1 rings (SSSR count). The van der Waals surface area contributed by atoms with Gasteiger partial charge in [0.05, 0.1) is 0 Å². The van der Waals surface area contributed by atoms with Crippen LogP contribution in [0.2, 0.25) is 0 Å². The van der Waals surface area contributed by atoms with Crippen molar-refractivity contribution in [1.82, 2.24) is 11.1 Å². The summed E-state index contributed by atoms with van der Waals surface area (Å²) in [4.78, 5) is 2.61. The van der Waals surface area contributed by atoms with Crippen LogP contribution in [0.4, 0.5) is 0 Å². The van der Waals surface area contributed by atoms with Crippen LogP contribution in [-0.4, -0.2) is 24.0 Å². The third-order valence-corrected chi connectivity index (χ3v) is 2.63. The third kappa shape index (κ3) is 2.80. The second-order valence-electron chi connectivity index (χ2n) is 3.19. The van der Waals surface area contributed by atoms with Gasteiger partial charge >= 0.3 is 0 Å². The van der Waals surface area contributed by atoms with E-state index in [-0.39, 0.29) is 6.15 Å². The molecule has 0 aliphatic carbocycles. The number of likely N-dealkylation sites (tertiary alicyclic amines) is 1. The molecule has 1 aliphatic rings. The molecule has 1 saturated heterocycles. The van der Waals surface area contributed by atoms with E-state index in [2.05, 4.69) is 18.7 Å². The number of nitrogens with zero attached hydrogens (tertiary/aromatic N) is 1. The first kappa shape index (κ1) is 10.9. The molecule has 0 aromatic carbocycles. The lowest BCUT2D eigenvalue weighted by Crippen LogP contribution is -2.38. The normalized spacial score (nSPS) is 26.2. The van der Waals surface area contributed by atoms with E-state index < -0.39 is 0 Å². The maximum absolute atomic E-state index is 2.61. The van der Waals surface area contributed by atoms with E-state index in [1.54, 1.807) is 0 Å². The SMILES string of the molecule is CCC1CCCCN1CC.N. The van der Waals surface area contributed by atoms with Crippen LogP contribution in [0.15, 0.2) is 0 Å². The summed E-state index contributed by atoms with van der Waals surface area (Å²) in [5.74, 6) is 0. The van der Waals surface area contributed by atoms with Gasteiger partial charge in [0, 0.05) is 6.04 Å². The highest BCUT2D eigenvalue weighted by Gasteiger charge is 2.17. The van der Waals surface area contributed by atoms with Crippen molar-refractivity contribution < 1.29 is 0 Å². The first-order chi connectivity index (χ1) is 4.88. The van der Waals surface area contributed by atoms with Gasteiger partial charge in [0.2, 0.25) is 0 Å². The molecule has 0 aromatic heterocycles. The molecule has 3 N–H and O–H groups in total. The monoisotopic (exact) mass is 158 g/mol. The van der Waals surface area contributed by atoms with Gasteiger partial charge in [-0.05, 0) is 32.4 Å². The first-order valence-electron chi connectivity index (χ1n) is 4.62. The number of hydrogen-bond acceptors (Lipinski definition) is 2. The van der Waals surface area contributed by atoms with Crippen LogP contribution in [0.25, 0.3) is 0 Å². The van der Waals surface area contributed by atoms with Crippen molar-refractivity contribution in [3.05, 3.63) is 0 Å². The minimum Gasteiger partial charge on any atom is -0.344 e. The molecule has 1 unspecified atom stereocenters. The zero-order valence-electron chi connectivity index (χ0n) is 7.97. The average Bonchev–Trinajstić information content (AvgIpc) is 2.04. The van der Waals surface area contributed by atoms with Crippen molar-refractivity contribution in [1.29, 1.82) is 0 Å². The summed E-state index contributed by atoms with van der Waals surface area (Å²) in [7, 11) is 0. The highest BCUT2D eigenvalue weighted by Crippen LogP contribution is 2.18. The predicted octanol–water partition coefficient (Wildman–Crippen LogP) is 2.43. The highest BCUT2D eigenvalue weighted by molar-refractivity contribution is 4.73. The number of rotatable bonds is 2. The smallest absolute Gasteiger partial charge is 0.00925 e. The van der Waals surface area contributed by atoms with Gasteiger partial charge in [-0.15, -0.1) is 0 Å². The molecule has 0 spiro atoms. The van der Waals surface area contributed by atoms with Crippen LogP contribution in [-0.2, 0) is 0 Å². The molecule has 0 amide bonds. The Bertz CT molecular complexity index is 81.6. The molecule has 1 aliphatic heterocycles. The highest BCUT2D eigenvalue weighted by atomic mass is 15.1. The summed E-state index contributed by atoms with van der Waals surface area (Å²) in [5, 5.41) is 0. The summed E-state index contributed by atoms with van der Waals surface area (Å²) >= 11 is 0. The van der Waals surface area contributed by atoms with E-state index in [9.17, 15) is 0 Å². The van der Waals surface area contributed by atoms with Crippen LogP contribution in [0, 0.1) is 0 Å². The first-order valence-corrected chi connectivity index (χ1v) is 4.62. The molecular formula is C9H22N2. The Balaban J connectivity index is 0.000001000. The Hall–Kier alpha value is -0.0800. The summed E-state index contributed by atoms with van der Waals surface area (Å²) in [5.41, 5.74) is 0. The fourth-order valence-corrected chi connectivity index (χ4v) is 1.94. The zero-order valence-corrected chi connectivity index (χ0v) is 7.97. The number of piperidine rings is 1. The molecule has 1 atom stereocenters. The van der Waals surface area contributed by atoms with Crippen LogP contribution in [0.5, 0.6) is 0 Å². The van der Waals surface area contributed by atoms with E-state index >= 15 is 0 Å². The summed E-state index contributed by atoms with van der Waals surface area (Å²) in [6.07, 6.45) is 5.65. The van der Waals surface area contributed by atoms with Gasteiger partial charge in [-0.1, -0.05) is 20.3 Å². The van der Waals surface area contributed by atoms with E-state index in [4.69, 9.17) is 0 Å². The second-order valence-corrected chi connectivity index (χ2v) is 3.19. The minimum atomic E-state index is 0. The van der Waals surface area contributed by atoms with Gasteiger partial charge in [0.15, 0.2) is 0 Å². The van der Waals surface area contributed by atoms with Gasteiger partial charge < -0.3 is 11.1 Å². The van der Waals surface area contributed by atoms with Crippen molar-refractivity contribution in [3.63, 3.8) is 0 Å². The molecule has 0 radical (unpaired) electrons. The van der Waals surface area contributed by atoms with Crippen molar-refractivity contribution in [2.45, 2.75) is 45.6 Å². The largest absolute Gasteiger partial charge is 0.344 e. The van der Waals surface area contributed by atoms with E-state index in [1.807, 2.05) is 0 Å². The average molecular weight is 158 g/mol. The van der Waals surface area contributed by atoms with Crippen molar-refractivity contribution in [2.75, 3.05) is 13.1 Å². The Morgan fingerprint density at radius 1 is 1.27 bits per heavy atom. The molecule has 11 heavy (non-hydrogen) atoms. The van der Waals surface area contributed by atoms with Crippen LogP contribution in [0.3, 0.4) is 0 Å². The molecule has 1 heterocycles. The lowest BCUT2D eigenvalue weighted by atomic mass is 10.0. The zero-order chi connectivity index (χ0) is 7.40. The molecular weight excluding hydrogens is 136 g/mol. The van der Waals surface area contributed by atoms with Crippen LogP contribution < -0.4 is 6.15 Å². The third-order valence-electron chi connectivity index (χ3n) is 2.63. The van der Waals surface area contributed by atoms with E-state index in [0.717, 1.165) is 6.04 Å². The molecule has 0 aromatic rings. The Morgan fingerprint density at radius 2 is 2.00 bits per heavy atom. The van der Waals surface area contributed by atoms with Crippen LogP contribution >= 0.6 is 0 Å². The molecule has 0 saturated carbocycles. The predicted molar refractivity (Wildman–Crippen MR) is 50.2 cm³/mol. The lowest BCUT2D eigenvalue weighted by Gasteiger charge is -2.34. The summed E-state index contributed by atoms with van der Waals surface area (Å²) in [6, 6.07) is 0.902. The standard InChI is InChI=1S/C9H19N.H3N/c1-3-9-7-5-6-8-10(9)4-2;/h9H,3-8H2,1-2H3;1H3. The molecule has 2 nitrogen and oxygen atoms in total. The minimum absolute atomic E-state index is 0. The molecule has 2 heteroatoms. The maximum Gasteiger partial charge on any atom is 0.00925 e. The molecule has 1 fully saturated rings. The van der Waals surface area contributed by atoms with Gasteiger partial charge in [-0.3, -0.25) is 0 Å². The van der Waals surface area contributed by atoms with E-state index in [1.165, 1.54) is 38.8 Å². The Kier molecular flexibility index (Phi) is 5.51. The van der Waals surface area contributed by atoms with Crippen molar-refractivity contribution in [3.8, 4) is 0 Å². The van der Waals surface area contributed by atoms with Crippen LogP contribution in [0.1, 0.15) is 39.5 Å². The lowest BCUT2D eigenvalue weighted by molar-refractivity contribution is 0.152. The van der Waals surface area contributed by atoms with Gasteiger partial charge in [-0.2, -0.15) is 0 Å². The fraction of sp³-hybridized carbons (Fsp3) is 1.00.